The van der Waals surface area contributed by atoms with Crippen LogP contribution in [0.15, 0.2) is 0 Å². The van der Waals surface area contributed by atoms with Crippen LogP contribution in [0.5, 0.6) is 0 Å². The summed E-state index contributed by atoms with van der Waals surface area (Å²) >= 11 is 0. The second kappa shape index (κ2) is 6.63. The van der Waals surface area contributed by atoms with E-state index >= 15 is 0 Å². The highest BCUT2D eigenvalue weighted by Crippen LogP contribution is 2.19. The van der Waals surface area contributed by atoms with Gasteiger partial charge in [0.2, 0.25) is 5.91 Å². The summed E-state index contributed by atoms with van der Waals surface area (Å²) in [6, 6.07) is 0.479. The topological polar surface area (TPSA) is 49.4 Å². The monoisotopic (exact) mass is 226 g/mol. The van der Waals surface area contributed by atoms with Crippen LogP contribution < -0.4 is 5.32 Å². The van der Waals surface area contributed by atoms with Crippen LogP contribution in [0.4, 0.5) is 0 Å². The van der Waals surface area contributed by atoms with Gasteiger partial charge in [-0.05, 0) is 26.8 Å². The Kier molecular flexibility index (Phi) is 5.46. The molecule has 1 amide bonds. The van der Waals surface area contributed by atoms with E-state index in [-0.39, 0.29) is 5.91 Å². The van der Waals surface area contributed by atoms with Gasteiger partial charge in [0.15, 0.2) is 0 Å². The van der Waals surface area contributed by atoms with Gasteiger partial charge in [-0.25, -0.2) is 0 Å². The average Bonchev–Trinajstić information content (AvgIpc) is 2.27. The minimum atomic E-state index is 0.112. The third-order valence-electron chi connectivity index (χ3n) is 3.20. The molecule has 1 N–H and O–H groups in total. The zero-order valence-corrected chi connectivity index (χ0v) is 10.3. The Bertz CT molecular complexity index is 243. The van der Waals surface area contributed by atoms with Crippen molar-refractivity contribution >= 4 is 11.7 Å². The number of rotatable bonds is 5. The number of hydrogen-bond acceptors (Lipinski definition) is 3. The maximum absolute atomic E-state index is 11.3. The lowest BCUT2D eigenvalue weighted by Crippen LogP contribution is -2.37. The molecule has 4 nitrogen and oxygen atoms in total. The van der Waals surface area contributed by atoms with E-state index in [4.69, 9.17) is 0 Å². The Balaban J connectivity index is 2.21. The molecule has 0 bridgehead atoms. The van der Waals surface area contributed by atoms with Crippen molar-refractivity contribution in [2.75, 3.05) is 20.1 Å². The summed E-state index contributed by atoms with van der Waals surface area (Å²) in [7, 11) is 2.04. The van der Waals surface area contributed by atoms with Crippen molar-refractivity contribution in [2.45, 2.75) is 45.1 Å². The molecule has 0 saturated heterocycles. The lowest BCUT2D eigenvalue weighted by atomic mass is 9.93. The van der Waals surface area contributed by atoms with Crippen molar-refractivity contribution in [2.24, 2.45) is 0 Å². The fraction of sp³-hybridized carbons (Fsp3) is 0.833. The fourth-order valence-corrected chi connectivity index (χ4v) is 2.11. The zero-order valence-electron chi connectivity index (χ0n) is 10.3. The summed E-state index contributed by atoms with van der Waals surface area (Å²) in [5.41, 5.74) is 0. The van der Waals surface area contributed by atoms with Crippen LogP contribution in [0.3, 0.4) is 0 Å². The molecule has 1 fully saturated rings. The molecule has 0 aromatic carbocycles. The molecule has 1 aliphatic carbocycles. The summed E-state index contributed by atoms with van der Waals surface area (Å²) in [5, 5.41) is 2.79. The molecule has 16 heavy (non-hydrogen) atoms. The fourth-order valence-electron chi connectivity index (χ4n) is 2.11. The molecule has 1 aliphatic rings. The number of nitrogens with one attached hydrogen (secondary N) is 1. The van der Waals surface area contributed by atoms with E-state index in [9.17, 15) is 9.59 Å². The van der Waals surface area contributed by atoms with Crippen LogP contribution in [0.2, 0.25) is 0 Å². The first-order valence-electron chi connectivity index (χ1n) is 6.12. The van der Waals surface area contributed by atoms with Gasteiger partial charge in [-0.15, -0.1) is 0 Å². The normalized spacial score (nSPS) is 17.8. The summed E-state index contributed by atoms with van der Waals surface area (Å²) in [6.07, 6.45) is 3.86. The maximum atomic E-state index is 11.3. The van der Waals surface area contributed by atoms with E-state index in [0.717, 1.165) is 19.4 Å². The van der Waals surface area contributed by atoms with Gasteiger partial charge in [0.05, 0.1) is 0 Å². The Hall–Kier alpha value is -0.900. The van der Waals surface area contributed by atoms with Crippen LogP contribution >= 0.6 is 0 Å². The molecule has 0 aromatic heterocycles. The van der Waals surface area contributed by atoms with Crippen LogP contribution in [0.25, 0.3) is 0 Å². The minimum absolute atomic E-state index is 0.112. The van der Waals surface area contributed by atoms with Gasteiger partial charge in [0.1, 0.15) is 5.78 Å². The van der Waals surface area contributed by atoms with Crippen molar-refractivity contribution < 1.29 is 9.59 Å². The van der Waals surface area contributed by atoms with Crippen molar-refractivity contribution in [3.05, 3.63) is 0 Å². The van der Waals surface area contributed by atoms with Crippen LogP contribution in [0, 0.1) is 0 Å². The van der Waals surface area contributed by atoms with Gasteiger partial charge in [0, 0.05) is 38.4 Å². The SMILES string of the molecule is CCNC(=O)CCN(C)C1CCC(=O)CC1. The highest BCUT2D eigenvalue weighted by atomic mass is 16.1. The summed E-state index contributed by atoms with van der Waals surface area (Å²) in [4.78, 5) is 24.6. The third-order valence-corrected chi connectivity index (χ3v) is 3.20. The number of amides is 1. The zero-order chi connectivity index (χ0) is 12.0. The van der Waals surface area contributed by atoms with Gasteiger partial charge in [0.25, 0.3) is 0 Å². The second-order valence-electron chi connectivity index (χ2n) is 4.45. The predicted molar refractivity (Wildman–Crippen MR) is 63.2 cm³/mol. The van der Waals surface area contributed by atoms with Gasteiger partial charge >= 0.3 is 0 Å². The van der Waals surface area contributed by atoms with Gasteiger partial charge < -0.3 is 10.2 Å². The maximum Gasteiger partial charge on any atom is 0.221 e. The highest BCUT2D eigenvalue weighted by Gasteiger charge is 2.22. The van der Waals surface area contributed by atoms with Gasteiger partial charge in [-0.3, -0.25) is 9.59 Å². The first kappa shape index (κ1) is 13.2. The summed E-state index contributed by atoms with van der Waals surface area (Å²) < 4.78 is 0. The lowest BCUT2D eigenvalue weighted by Gasteiger charge is -2.30. The van der Waals surface area contributed by atoms with E-state index < -0.39 is 0 Å². The van der Waals surface area contributed by atoms with Crippen molar-refractivity contribution in [1.82, 2.24) is 10.2 Å². The van der Waals surface area contributed by atoms with Crippen LogP contribution in [0.1, 0.15) is 39.0 Å². The number of Topliss-reactive ketones (excluding diaryl/α,β-unsaturated/α-hetero) is 1. The summed E-state index contributed by atoms with van der Waals surface area (Å²) in [6.45, 7) is 3.40. The van der Waals surface area contributed by atoms with Crippen molar-refractivity contribution in [1.29, 1.82) is 0 Å². The molecule has 0 radical (unpaired) electrons. The lowest BCUT2D eigenvalue weighted by molar-refractivity contribution is -0.123. The Morgan fingerprint density at radius 3 is 2.62 bits per heavy atom. The van der Waals surface area contributed by atoms with Crippen molar-refractivity contribution in [3.63, 3.8) is 0 Å². The standard InChI is InChI=1S/C12H22N2O2/c1-3-13-12(16)8-9-14(2)10-4-6-11(15)7-5-10/h10H,3-9H2,1-2H3,(H,13,16). The largest absolute Gasteiger partial charge is 0.356 e. The molecular formula is C12H22N2O2. The van der Waals surface area contributed by atoms with Crippen molar-refractivity contribution in [3.8, 4) is 0 Å². The second-order valence-corrected chi connectivity index (χ2v) is 4.45. The molecule has 0 spiro atoms. The molecule has 92 valence electrons. The average molecular weight is 226 g/mol. The first-order valence-corrected chi connectivity index (χ1v) is 6.12. The highest BCUT2D eigenvalue weighted by molar-refractivity contribution is 5.79. The molecular weight excluding hydrogens is 204 g/mol. The molecule has 4 heteroatoms. The first-order chi connectivity index (χ1) is 7.63. The van der Waals surface area contributed by atoms with E-state index in [1.165, 1.54) is 0 Å². The molecule has 1 saturated carbocycles. The minimum Gasteiger partial charge on any atom is -0.356 e. The Morgan fingerprint density at radius 1 is 1.44 bits per heavy atom. The van der Waals surface area contributed by atoms with Crippen LogP contribution in [-0.4, -0.2) is 42.8 Å². The molecule has 0 unspecified atom stereocenters. The van der Waals surface area contributed by atoms with Gasteiger partial charge in [-0.1, -0.05) is 0 Å². The van der Waals surface area contributed by atoms with E-state index in [1.54, 1.807) is 0 Å². The molecule has 0 aromatic rings. The van der Waals surface area contributed by atoms with Gasteiger partial charge in [-0.2, -0.15) is 0 Å². The van der Waals surface area contributed by atoms with E-state index in [0.29, 0.717) is 37.6 Å². The van der Waals surface area contributed by atoms with E-state index in [2.05, 4.69) is 10.2 Å². The van der Waals surface area contributed by atoms with Crippen LogP contribution in [-0.2, 0) is 9.59 Å². The van der Waals surface area contributed by atoms with E-state index in [1.807, 2.05) is 14.0 Å². The molecule has 0 heterocycles. The number of nitrogens with zero attached hydrogens (tertiary/aromatic N) is 1. The molecule has 0 atom stereocenters. The number of carbonyl (C=O) groups is 2. The molecule has 0 aliphatic heterocycles. The Labute approximate surface area is 97.4 Å². The summed E-state index contributed by atoms with van der Waals surface area (Å²) in [5.74, 6) is 0.495. The smallest absolute Gasteiger partial charge is 0.221 e. The third kappa shape index (κ3) is 4.31. The number of carbonyl (C=O) groups excluding carboxylic acids is 2. The number of ketones is 1. The molecule has 1 rings (SSSR count). The Morgan fingerprint density at radius 2 is 2.06 bits per heavy atom. The number of hydrogen-bond donors (Lipinski definition) is 1. The predicted octanol–water partition coefficient (Wildman–Crippen LogP) is 0.956. The quantitative estimate of drug-likeness (QED) is 0.759.